The molecule has 1 aliphatic rings. The second-order valence-corrected chi connectivity index (χ2v) is 9.00. The van der Waals surface area contributed by atoms with Gasteiger partial charge in [-0.25, -0.2) is 14.4 Å². The van der Waals surface area contributed by atoms with Gasteiger partial charge in [-0.15, -0.1) is 5.10 Å². The molecule has 2 atom stereocenters. The summed E-state index contributed by atoms with van der Waals surface area (Å²) in [5, 5.41) is 11.0. The molecule has 5 heterocycles. The standard InChI is InChI=1S/C24H17ClF2N8O/c1-12-6-19(24-29-10-16(31-24)13-4-5-28-20(26)8-13)35-18(12)7-14(9-21(35)36)22-17(34-11-30-32-33-34)3-2-15(25)23(22)27/h2-5,7-12,19H,6H2,1H3,(H,29,31)/t12-,19-/m1/s1. The van der Waals surface area contributed by atoms with Crippen molar-refractivity contribution in [1.29, 1.82) is 0 Å². The van der Waals surface area contributed by atoms with Gasteiger partial charge >= 0.3 is 0 Å². The maximum absolute atomic E-state index is 15.3. The van der Waals surface area contributed by atoms with Crippen LogP contribution in [-0.4, -0.2) is 39.7 Å². The summed E-state index contributed by atoms with van der Waals surface area (Å²) in [5.74, 6) is -0.711. The highest BCUT2D eigenvalue weighted by Gasteiger charge is 2.33. The highest BCUT2D eigenvalue weighted by molar-refractivity contribution is 6.31. The summed E-state index contributed by atoms with van der Waals surface area (Å²) in [6.07, 6.45) is 4.93. The van der Waals surface area contributed by atoms with Crippen molar-refractivity contribution < 1.29 is 8.78 Å². The number of hydrogen-bond acceptors (Lipinski definition) is 6. The number of pyridine rings is 2. The third-order valence-corrected chi connectivity index (χ3v) is 6.69. The molecule has 1 aromatic carbocycles. The van der Waals surface area contributed by atoms with Gasteiger partial charge in [0.15, 0.2) is 5.82 Å². The number of rotatable bonds is 4. The van der Waals surface area contributed by atoms with Crippen LogP contribution in [0.4, 0.5) is 8.78 Å². The first kappa shape index (κ1) is 22.2. The quantitative estimate of drug-likeness (QED) is 0.364. The molecule has 5 aromatic rings. The number of halogens is 3. The molecule has 0 amide bonds. The predicted octanol–water partition coefficient (Wildman–Crippen LogP) is 4.30. The van der Waals surface area contributed by atoms with E-state index in [-0.39, 0.29) is 28.1 Å². The van der Waals surface area contributed by atoms with Crippen molar-refractivity contribution in [2.45, 2.75) is 25.3 Å². The van der Waals surface area contributed by atoms with Crippen molar-refractivity contribution in [3.63, 3.8) is 0 Å². The van der Waals surface area contributed by atoms with Crippen molar-refractivity contribution in [2.24, 2.45) is 0 Å². The van der Waals surface area contributed by atoms with E-state index in [4.69, 9.17) is 11.6 Å². The molecule has 0 unspecified atom stereocenters. The van der Waals surface area contributed by atoms with Crippen LogP contribution in [0.15, 0.2) is 59.9 Å². The first-order valence-electron chi connectivity index (χ1n) is 11.1. The zero-order valence-electron chi connectivity index (χ0n) is 18.7. The Morgan fingerprint density at radius 1 is 1.11 bits per heavy atom. The van der Waals surface area contributed by atoms with Crippen LogP contribution in [0.2, 0.25) is 5.02 Å². The molecule has 0 radical (unpaired) electrons. The molecule has 0 bridgehead atoms. The lowest BCUT2D eigenvalue weighted by Crippen LogP contribution is -2.24. The van der Waals surface area contributed by atoms with Crippen LogP contribution in [0.25, 0.3) is 28.1 Å². The SMILES string of the molecule is C[C@@H]1C[C@H](c2ncc(-c3ccnc(F)c3)[nH]2)n2c1cc(-c1c(-n3cnnn3)ccc(Cl)c1F)cc2=O. The van der Waals surface area contributed by atoms with Gasteiger partial charge in [0.2, 0.25) is 5.95 Å². The van der Waals surface area contributed by atoms with Crippen LogP contribution >= 0.6 is 11.6 Å². The van der Waals surface area contributed by atoms with Gasteiger partial charge in [-0.3, -0.25) is 4.79 Å². The van der Waals surface area contributed by atoms with Crippen molar-refractivity contribution in [1.82, 2.24) is 39.7 Å². The Balaban J connectivity index is 1.45. The monoisotopic (exact) mass is 506 g/mol. The number of fused-ring (bicyclic) bond motifs is 1. The van der Waals surface area contributed by atoms with Gasteiger partial charge in [-0.05, 0) is 52.6 Å². The van der Waals surface area contributed by atoms with Gasteiger partial charge in [-0.1, -0.05) is 18.5 Å². The molecular weight excluding hydrogens is 490 g/mol. The fraction of sp³-hybridized carbons (Fsp3) is 0.167. The normalized spacial score (nSPS) is 16.9. The van der Waals surface area contributed by atoms with E-state index >= 15 is 4.39 Å². The van der Waals surface area contributed by atoms with Crippen LogP contribution in [0.1, 0.15) is 36.8 Å². The number of H-pyrrole nitrogens is 1. The summed E-state index contributed by atoms with van der Waals surface area (Å²) in [6.45, 7) is 1.99. The molecule has 0 fully saturated rings. The van der Waals surface area contributed by atoms with Gasteiger partial charge in [0.25, 0.3) is 5.56 Å². The minimum Gasteiger partial charge on any atom is -0.340 e. The molecule has 4 aromatic heterocycles. The summed E-state index contributed by atoms with van der Waals surface area (Å²) in [7, 11) is 0. The Hall–Kier alpha value is -4.25. The number of aromatic amines is 1. The first-order chi connectivity index (χ1) is 17.4. The Bertz CT molecular complexity index is 1660. The highest BCUT2D eigenvalue weighted by Crippen LogP contribution is 2.40. The Labute approximate surface area is 207 Å². The zero-order chi connectivity index (χ0) is 25.0. The van der Waals surface area contributed by atoms with Crippen LogP contribution in [0, 0.1) is 11.8 Å². The predicted molar refractivity (Wildman–Crippen MR) is 127 cm³/mol. The number of benzene rings is 1. The lowest BCUT2D eigenvalue weighted by molar-refractivity contribution is 0.557. The van der Waals surface area contributed by atoms with Crippen molar-refractivity contribution in [2.75, 3.05) is 0 Å². The molecule has 36 heavy (non-hydrogen) atoms. The lowest BCUT2D eigenvalue weighted by Gasteiger charge is -2.16. The van der Waals surface area contributed by atoms with E-state index < -0.39 is 11.8 Å². The molecule has 0 saturated heterocycles. The van der Waals surface area contributed by atoms with Crippen LogP contribution in [-0.2, 0) is 0 Å². The average molecular weight is 507 g/mol. The molecule has 1 N–H and O–H groups in total. The Morgan fingerprint density at radius 3 is 2.75 bits per heavy atom. The number of aromatic nitrogens is 8. The topological polar surface area (TPSA) is 107 Å². The average Bonchev–Trinajstić information content (AvgIpc) is 3.61. The van der Waals surface area contributed by atoms with E-state index in [2.05, 4.69) is 30.5 Å². The minimum atomic E-state index is -0.670. The summed E-state index contributed by atoms with van der Waals surface area (Å²) >= 11 is 6.09. The number of imidazole rings is 1. The third kappa shape index (κ3) is 3.59. The fourth-order valence-electron chi connectivity index (χ4n) is 4.75. The van der Waals surface area contributed by atoms with Gasteiger partial charge < -0.3 is 9.55 Å². The number of hydrogen-bond donors (Lipinski definition) is 1. The van der Waals surface area contributed by atoms with Crippen LogP contribution in [0.3, 0.4) is 0 Å². The summed E-state index contributed by atoms with van der Waals surface area (Å²) < 4.78 is 31.8. The van der Waals surface area contributed by atoms with Crippen molar-refractivity contribution >= 4 is 11.6 Å². The third-order valence-electron chi connectivity index (χ3n) is 6.40. The highest BCUT2D eigenvalue weighted by atomic mass is 35.5. The molecule has 0 saturated carbocycles. The lowest BCUT2D eigenvalue weighted by atomic mass is 9.99. The second kappa shape index (κ2) is 8.45. The Morgan fingerprint density at radius 2 is 1.97 bits per heavy atom. The molecule has 9 nitrogen and oxygen atoms in total. The van der Waals surface area contributed by atoms with Crippen molar-refractivity contribution in [3.05, 3.63) is 93.8 Å². The van der Waals surface area contributed by atoms with E-state index in [1.54, 1.807) is 29.0 Å². The molecular formula is C24H17ClF2N8O. The van der Waals surface area contributed by atoms with Gasteiger partial charge in [0, 0.05) is 35.2 Å². The summed E-state index contributed by atoms with van der Waals surface area (Å²) in [6, 6.07) is 8.80. The maximum Gasteiger partial charge on any atom is 0.252 e. The Kier molecular flexibility index (Phi) is 5.22. The molecule has 12 heteroatoms. The van der Waals surface area contributed by atoms with E-state index in [0.717, 1.165) is 5.69 Å². The second-order valence-electron chi connectivity index (χ2n) is 8.59. The zero-order valence-corrected chi connectivity index (χ0v) is 19.5. The molecule has 1 aliphatic heterocycles. The number of tetrazole rings is 1. The van der Waals surface area contributed by atoms with Gasteiger partial charge in [-0.2, -0.15) is 9.07 Å². The van der Waals surface area contributed by atoms with Crippen molar-refractivity contribution in [3.8, 4) is 28.1 Å². The minimum absolute atomic E-state index is 0.0201. The number of nitrogens with one attached hydrogen (secondary N) is 1. The molecule has 0 aliphatic carbocycles. The van der Waals surface area contributed by atoms with E-state index in [1.807, 2.05) is 6.92 Å². The number of nitrogens with zero attached hydrogens (tertiary/aromatic N) is 7. The largest absolute Gasteiger partial charge is 0.340 e. The van der Waals surface area contributed by atoms with E-state index in [9.17, 15) is 9.18 Å². The van der Waals surface area contributed by atoms with Gasteiger partial charge in [0.05, 0.1) is 28.6 Å². The summed E-state index contributed by atoms with van der Waals surface area (Å²) in [5.41, 5.74) is 2.49. The maximum atomic E-state index is 15.3. The van der Waals surface area contributed by atoms with E-state index in [0.29, 0.717) is 34.8 Å². The fourth-order valence-corrected chi connectivity index (χ4v) is 4.91. The van der Waals surface area contributed by atoms with E-state index in [1.165, 1.54) is 35.4 Å². The van der Waals surface area contributed by atoms with Crippen LogP contribution < -0.4 is 5.56 Å². The van der Waals surface area contributed by atoms with Gasteiger partial charge in [0.1, 0.15) is 12.2 Å². The molecule has 0 spiro atoms. The smallest absolute Gasteiger partial charge is 0.252 e. The van der Waals surface area contributed by atoms with Crippen LogP contribution in [0.5, 0.6) is 0 Å². The molecule has 6 rings (SSSR count). The first-order valence-corrected chi connectivity index (χ1v) is 11.4. The molecule has 180 valence electrons. The summed E-state index contributed by atoms with van der Waals surface area (Å²) in [4.78, 5) is 24.7.